The van der Waals surface area contributed by atoms with E-state index in [1.54, 1.807) is 0 Å². The Morgan fingerprint density at radius 2 is 2.29 bits per heavy atom. The van der Waals surface area contributed by atoms with Crippen molar-refractivity contribution in [3.05, 3.63) is 23.9 Å². The minimum Gasteiger partial charge on any atom is -0.821 e. The fraction of sp³-hybridized carbons (Fsp3) is 0.444. The molecule has 0 aliphatic heterocycles. The summed E-state index contributed by atoms with van der Waals surface area (Å²) in [5.41, 5.74) is -0.0425. The Hall–Kier alpha value is -1.17. The van der Waals surface area contributed by atoms with Gasteiger partial charge in [0.2, 0.25) is 0 Å². The molecule has 0 aromatic heterocycles. The topological polar surface area (TPSA) is 83.8 Å². The van der Waals surface area contributed by atoms with E-state index < -0.39 is 5.79 Å². The normalized spacial score (nSPS) is 26.3. The number of hydrogen-bond donors (Lipinski definition) is 2. The summed E-state index contributed by atoms with van der Waals surface area (Å²) in [7, 11) is 1.53. The second kappa shape index (κ2) is 3.91. The Balaban J connectivity index is 2.89. The van der Waals surface area contributed by atoms with Crippen LogP contribution in [0.3, 0.4) is 0 Å². The van der Waals surface area contributed by atoms with E-state index in [1.807, 2.05) is 0 Å². The van der Waals surface area contributed by atoms with E-state index in [-0.39, 0.29) is 24.6 Å². The summed E-state index contributed by atoms with van der Waals surface area (Å²) in [4.78, 5) is 12.3. The Bertz CT molecular complexity index is 293. The number of carbonyl (C=O) groups excluding carboxylic acids is 1. The molecule has 1 rings (SSSR count). The van der Waals surface area contributed by atoms with Crippen molar-refractivity contribution in [3.63, 3.8) is 0 Å². The predicted octanol–water partition coefficient (Wildman–Crippen LogP) is -2.02. The van der Waals surface area contributed by atoms with E-state index in [1.165, 1.54) is 11.9 Å². The predicted molar refractivity (Wildman–Crippen MR) is 46.9 cm³/mol. The standard InChI is InChI=1S/C9H12NO4/c1-10(4-5-11)8-6-7(12)2-3-9(8,13)14/h2-3,6,11,13H,4-5H2,1H3/q-1. The Morgan fingerprint density at radius 3 is 2.86 bits per heavy atom. The first-order chi connectivity index (χ1) is 6.47. The van der Waals surface area contributed by atoms with Gasteiger partial charge in [-0.25, -0.2) is 0 Å². The van der Waals surface area contributed by atoms with Crippen molar-refractivity contribution in [2.24, 2.45) is 0 Å². The molecule has 0 bridgehead atoms. The molecule has 78 valence electrons. The molecule has 0 fully saturated rings. The van der Waals surface area contributed by atoms with Crippen LogP contribution in [-0.4, -0.2) is 46.9 Å². The molecule has 2 N–H and O–H groups in total. The van der Waals surface area contributed by atoms with E-state index >= 15 is 0 Å². The highest BCUT2D eigenvalue weighted by Gasteiger charge is 2.23. The molecule has 0 saturated heterocycles. The molecule has 1 aliphatic rings. The summed E-state index contributed by atoms with van der Waals surface area (Å²) in [5, 5.41) is 29.5. The molecule has 1 aliphatic carbocycles. The van der Waals surface area contributed by atoms with E-state index in [4.69, 9.17) is 5.11 Å². The second-order valence-electron chi connectivity index (χ2n) is 3.11. The number of ketones is 1. The molecule has 0 heterocycles. The fourth-order valence-corrected chi connectivity index (χ4v) is 1.22. The van der Waals surface area contributed by atoms with Gasteiger partial charge in [-0.05, 0) is 6.08 Å². The van der Waals surface area contributed by atoms with E-state index in [2.05, 4.69) is 0 Å². The van der Waals surface area contributed by atoms with Crippen molar-refractivity contribution >= 4 is 5.78 Å². The molecule has 5 heteroatoms. The molecular weight excluding hydrogens is 186 g/mol. The number of aliphatic hydroxyl groups is 2. The summed E-state index contributed by atoms with van der Waals surface area (Å²) >= 11 is 0. The monoisotopic (exact) mass is 198 g/mol. The third-order valence-corrected chi connectivity index (χ3v) is 1.97. The zero-order chi connectivity index (χ0) is 10.8. The highest BCUT2D eigenvalue weighted by Crippen LogP contribution is 2.19. The summed E-state index contributed by atoms with van der Waals surface area (Å²) in [6.45, 7) is 0.0410. The third kappa shape index (κ3) is 2.20. The average Bonchev–Trinajstić information content (AvgIpc) is 2.10. The molecule has 1 unspecified atom stereocenters. The lowest BCUT2D eigenvalue weighted by atomic mass is 10.0. The first kappa shape index (κ1) is 10.9. The maximum atomic E-state index is 11.4. The van der Waals surface area contributed by atoms with E-state index in [0.717, 1.165) is 18.2 Å². The van der Waals surface area contributed by atoms with Gasteiger partial charge in [0.25, 0.3) is 0 Å². The van der Waals surface area contributed by atoms with Crippen LogP contribution in [0.4, 0.5) is 0 Å². The van der Waals surface area contributed by atoms with Gasteiger partial charge < -0.3 is 20.2 Å². The van der Waals surface area contributed by atoms with Gasteiger partial charge in [0.05, 0.1) is 12.4 Å². The van der Waals surface area contributed by atoms with Crippen LogP contribution < -0.4 is 5.11 Å². The molecule has 0 aromatic rings. The van der Waals surface area contributed by atoms with Crippen LogP contribution in [0.2, 0.25) is 0 Å². The molecule has 0 aromatic carbocycles. The van der Waals surface area contributed by atoms with Crippen LogP contribution in [0.5, 0.6) is 0 Å². The minimum atomic E-state index is -2.38. The number of aliphatic hydroxyl groups excluding tert-OH is 1. The van der Waals surface area contributed by atoms with Gasteiger partial charge in [0.1, 0.15) is 0 Å². The maximum absolute atomic E-state index is 11.4. The third-order valence-electron chi connectivity index (χ3n) is 1.97. The minimum absolute atomic E-state index is 0.0425. The summed E-state index contributed by atoms with van der Waals surface area (Å²) < 4.78 is 0. The van der Waals surface area contributed by atoms with Crippen molar-refractivity contribution in [2.75, 3.05) is 20.2 Å². The average molecular weight is 198 g/mol. The lowest BCUT2D eigenvalue weighted by Crippen LogP contribution is -2.50. The van der Waals surface area contributed by atoms with E-state index in [9.17, 15) is 15.0 Å². The SMILES string of the molecule is CN(CCO)C1=CC(=O)C=CC1([O-])O. The lowest BCUT2D eigenvalue weighted by Gasteiger charge is -2.40. The largest absolute Gasteiger partial charge is 0.821 e. The van der Waals surface area contributed by atoms with Crippen molar-refractivity contribution in [1.82, 2.24) is 4.90 Å². The van der Waals surface area contributed by atoms with Crippen molar-refractivity contribution in [1.29, 1.82) is 0 Å². The molecule has 5 nitrogen and oxygen atoms in total. The van der Waals surface area contributed by atoms with Gasteiger partial charge in [-0.2, -0.15) is 0 Å². The second-order valence-corrected chi connectivity index (χ2v) is 3.11. The number of rotatable bonds is 3. The number of likely N-dealkylation sites (N-methyl/N-ethyl adjacent to an activating group) is 1. The smallest absolute Gasteiger partial charge is 0.180 e. The van der Waals surface area contributed by atoms with Crippen LogP contribution in [0.25, 0.3) is 0 Å². The van der Waals surface area contributed by atoms with Crippen LogP contribution in [-0.2, 0) is 4.79 Å². The summed E-state index contributed by atoms with van der Waals surface area (Å²) in [6, 6.07) is 0. The number of nitrogens with zero attached hydrogens (tertiary/aromatic N) is 1. The summed E-state index contributed by atoms with van der Waals surface area (Å²) in [6.07, 6.45) is 3.00. The Kier molecular flexibility index (Phi) is 3.05. The maximum Gasteiger partial charge on any atom is 0.180 e. The molecule has 1 atom stereocenters. The first-order valence-electron chi connectivity index (χ1n) is 4.17. The van der Waals surface area contributed by atoms with Gasteiger partial charge in [-0.1, -0.05) is 6.08 Å². The molecule has 14 heavy (non-hydrogen) atoms. The van der Waals surface area contributed by atoms with Gasteiger partial charge >= 0.3 is 0 Å². The highest BCUT2D eigenvalue weighted by molar-refractivity contribution is 6.01. The molecule has 0 amide bonds. The molecule has 0 radical (unpaired) electrons. The van der Waals surface area contributed by atoms with Gasteiger partial charge in [0, 0.05) is 25.4 Å². The van der Waals surface area contributed by atoms with Crippen LogP contribution in [0.1, 0.15) is 0 Å². The van der Waals surface area contributed by atoms with Crippen LogP contribution in [0.15, 0.2) is 23.9 Å². The number of carbonyl (C=O) groups is 1. The highest BCUT2D eigenvalue weighted by atomic mass is 16.5. The van der Waals surface area contributed by atoms with Gasteiger partial charge in [0.15, 0.2) is 5.78 Å². The van der Waals surface area contributed by atoms with Crippen molar-refractivity contribution < 1.29 is 20.1 Å². The zero-order valence-electron chi connectivity index (χ0n) is 7.80. The van der Waals surface area contributed by atoms with Crippen molar-refractivity contribution in [2.45, 2.75) is 5.79 Å². The first-order valence-corrected chi connectivity index (χ1v) is 4.17. The fourth-order valence-electron chi connectivity index (χ4n) is 1.22. The Morgan fingerprint density at radius 1 is 1.64 bits per heavy atom. The summed E-state index contributed by atoms with van der Waals surface area (Å²) in [5.74, 6) is -2.72. The van der Waals surface area contributed by atoms with Crippen molar-refractivity contribution in [3.8, 4) is 0 Å². The lowest BCUT2D eigenvalue weighted by molar-refractivity contribution is -0.515. The zero-order valence-corrected chi connectivity index (χ0v) is 7.80. The van der Waals surface area contributed by atoms with Gasteiger partial charge in [-0.3, -0.25) is 4.79 Å². The molecule has 0 saturated carbocycles. The van der Waals surface area contributed by atoms with Crippen LogP contribution >= 0.6 is 0 Å². The molecular formula is C9H12NO4-. The van der Waals surface area contributed by atoms with Crippen LogP contribution in [0, 0.1) is 0 Å². The van der Waals surface area contributed by atoms with Gasteiger partial charge in [-0.15, -0.1) is 0 Å². The number of allylic oxidation sites excluding steroid dienone is 2. The quantitative estimate of drug-likeness (QED) is 0.511. The number of hydrogen-bond acceptors (Lipinski definition) is 5. The van der Waals surface area contributed by atoms with E-state index in [0.29, 0.717) is 0 Å². The molecule has 0 spiro atoms. The Labute approximate surface area is 81.6 Å².